The number of benzene rings is 2. The van der Waals surface area contributed by atoms with Crippen molar-refractivity contribution < 1.29 is 56.6 Å². The average Bonchev–Trinajstić information content (AvgIpc) is 2.47. The number of Topliss-reactive ketones (excluding diaryl/α,β-unsaturated/α-hetero) is 2. The van der Waals surface area contributed by atoms with Gasteiger partial charge in [-0.3, -0.25) is 0 Å². The molecule has 0 aliphatic rings. The molecule has 0 atom stereocenters. The number of hydrogen-bond acceptors (Lipinski definition) is 2. The fourth-order valence-electron chi connectivity index (χ4n) is 1.62. The second-order valence-corrected chi connectivity index (χ2v) is 5.22. The maximum atomic E-state index is 12.2. The van der Waals surface area contributed by atoms with Gasteiger partial charge in [-0.25, -0.2) is 0 Å². The Morgan fingerprint density at radius 2 is 1.06 bits per heavy atom. The molecule has 0 fully saturated rings. The van der Waals surface area contributed by atoms with E-state index in [-0.39, 0.29) is 11.6 Å². The summed E-state index contributed by atoms with van der Waals surface area (Å²) < 4.78 is -0.588. The molecule has 0 radical (unpaired) electrons. The van der Waals surface area contributed by atoms with E-state index in [1.165, 1.54) is 47.0 Å². The van der Waals surface area contributed by atoms with Crippen molar-refractivity contribution in [3.63, 3.8) is 0 Å². The van der Waals surface area contributed by atoms with Crippen LogP contribution in [-0.2, 0) is 0 Å². The number of carbonyl (C=O) groups excluding carboxylic acids is 2. The fourth-order valence-corrected chi connectivity index (χ4v) is 2.42. The van der Waals surface area contributed by atoms with Crippen molar-refractivity contribution in [1.29, 1.82) is 0 Å². The Labute approximate surface area is 138 Å². The molecular formula is C15H11EuO2. The van der Waals surface area contributed by atoms with Gasteiger partial charge in [0.1, 0.15) is 0 Å². The summed E-state index contributed by atoms with van der Waals surface area (Å²) in [5.41, 5.74) is 1.18. The Kier molecular flexibility index (Phi) is 4.98. The predicted octanol–water partition coefficient (Wildman–Crippen LogP) is 3.09. The molecule has 18 heavy (non-hydrogen) atoms. The van der Waals surface area contributed by atoms with Gasteiger partial charge in [0, 0.05) is 0 Å². The summed E-state index contributed by atoms with van der Waals surface area (Å²) >= 11 is 1.21. The first-order valence-corrected chi connectivity index (χ1v) is 6.93. The quantitative estimate of drug-likeness (QED) is 0.608. The van der Waals surface area contributed by atoms with E-state index in [4.69, 9.17) is 0 Å². The van der Waals surface area contributed by atoms with Gasteiger partial charge in [-0.15, -0.1) is 0 Å². The van der Waals surface area contributed by atoms with Crippen LogP contribution in [0.1, 0.15) is 20.7 Å². The Balaban J connectivity index is 2.20. The molecule has 0 spiro atoms. The summed E-state index contributed by atoms with van der Waals surface area (Å²) in [7, 11) is 0. The number of rotatable bonds is 4. The molecular weight excluding hydrogens is 364 g/mol. The van der Waals surface area contributed by atoms with Crippen molar-refractivity contribution in [3.8, 4) is 0 Å². The van der Waals surface area contributed by atoms with Gasteiger partial charge in [-0.1, -0.05) is 0 Å². The molecule has 3 heteroatoms. The van der Waals surface area contributed by atoms with Crippen LogP contribution in [-0.4, -0.2) is 11.6 Å². The average molecular weight is 375 g/mol. The van der Waals surface area contributed by atoms with Gasteiger partial charge in [-0.2, -0.15) is 0 Å². The molecule has 0 aromatic heterocycles. The molecule has 0 heterocycles. The van der Waals surface area contributed by atoms with Gasteiger partial charge in [0.05, 0.1) is 0 Å². The van der Waals surface area contributed by atoms with Crippen LogP contribution >= 0.6 is 0 Å². The van der Waals surface area contributed by atoms with Crippen LogP contribution in [0, 0.1) is 47.0 Å². The van der Waals surface area contributed by atoms with Gasteiger partial charge in [0.15, 0.2) is 0 Å². The van der Waals surface area contributed by atoms with Crippen LogP contribution in [0.4, 0.5) is 0 Å². The third kappa shape index (κ3) is 3.22. The first kappa shape index (κ1) is 13.8. The third-order valence-corrected chi connectivity index (χ3v) is 3.85. The Morgan fingerprint density at radius 1 is 0.722 bits per heavy atom. The minimum absolute atomic E-state index is 0.110. The van der Waals surface area contributed by atoms with Crippen molar-refractivity contribution in [2.75, 3.05) is 0 Å². The molecule has 0 unspecified atom stereocenters. The fraction of sp³-hybridized carbons (Fsp3) is 0.0667. The van der Waals surface area contributed by atoms with Gasteiger partial charge >= 0.3 is 140 Å². The molecule has 2 aromatic carbocycles. The normalized spacial score (nSPS) is 10.3. The van der Waals surface area contributed by atoms with E-state index >= 15 is 0 Å². The van der Waals surface area contributed by atoms with Crippen molar-refractivity contribution in [1.82, 2.24) is 0 Å². The number of hydrogen-bond donors (Lipinski definition) is 0. The van der Waals surface area contributed by atoms with Crippen LogP contribution in [0.15, 0.2) is 60.7 Å². The summed E-state index contributed by atoms with van der Waals surface area (Å²) in [4.78, 5) is 24.3. The second kappa shape index (κ2) is 6.51. The molecule has 0 saturated heterocycles. The Hall–Kier alpha value is -0.636. The van der Waals surface area contributed by atoms with Crippen molar-refractivity contribution in [2.45, 2.75) is 0.312 Å². The SMILES string of the molecule is O=C(c1ccccc1)[CH]([Eu])C(=O)c1ccccc1. The Morgan fingerprint density at radius 3 is 1.39 bits per heavy atom. The zero-order valence-electron chi connectivity index (χ0n) is 9.55. The van der Waals surface area contributed by atoms with E-state index < -0.39 is 0.312 Å². The van der Waals surface area contributed by atoms with Crippen LogP contribution in [0.5, 0.6) is 0 Å². The molecule has 2 rings (SSSR count). The van der Waals surface area contributed by atoms with Crippen LogP contribution in [0.25, 0.3) is 0 Å². The molecule has 0 bridgehead atoms. The molecule has 0 amide bonds. The van der Waals surface area contributed by atoms with E-state index in [1.807, 2.05) is 12.1 Å². The van der Waals surface area contributed by atoms with E-state index in [0.717, 1.165) is 0 Å². The zero-order chi connectivity index (χ0) is 13.0. The van der Waals surface area contributed by atoms with Gasteiger partial charge < -0.3 is 0 Å². The van der Waals surface area contributed by atoms with Gasteiger partial charge in [0.2, 0.25) is 0 Å². The summed E-state index contributed by atoms with van der Waals surface area (Å²) in [6.07, 6.45) is 0. The summed E-state index contributed by atoms with van der Waals surface area (Å²) in [6, 6.07) is 17.9. The Bertz CT molecular complexity index is 498. The summed E-state index contributed by atoms with van der Waals surface area (Å²) in [5, 5.41) is 0. The van der Waals surface area contributed by atoms with Crippen LogP contribution in [0.2, 0.25) is 0.312 Å². The molecule has 2 aromatic rings. The molecule has 0 saturated carbocycles. The topological polar surface area (TPSA) is 34.1 Å². The molecule has 2 nitrogen and oxygen atoms in total. The van der Waals surface area contributed by atoms with Crippen molar-refractivity contribution >= 4 is 11.6 Å². The summed E-state index contributed by atoms with van der Waals surface area (Å²) in [5.74, 6) is -0.220. The zero-order valence-corrected chi connectivity index (χ0v) is 12.0. The number of ketones is 2. The first-order valence-electron chi connectivity index (χ1n) is 5.53. The number of carbonyl (C=O) groups is 2. The first-order chi connectivity index (χ1) is 8.70. The predicted molar refractivity (Wildman–Crippen MR) is 65.3 cm³/mol. The molecule has 90 valence electrons. The monoisotopic (exact) mass is 376 g/mol. The van der Waals surface area contributed by atoms with E-state index in [1.54, 1.807) is 48.5 Å². The maximum absolute atomic E-state index is 12.2. The molecule has 0 aliphatic heterocycles. The van der Waals surface area contributed by atoms with E-state index in [9.17, 15) is 9.59 Å². The third-order valence-electron chi connectivity index (χ3n) is 2.58. The van der Waals surface area contributed by atoms with Crippen LogP contribution < -0.4 is 0 Å². The van der Waals surface area contributed by atoms with Crippen molar-refractivity contribution in [2.24, 2.45) is 0 Å². The van der Waals surface area contributed by atoms with Crippen molar-refractivity contribution in [3.05, 3.63) is 71.8 Å². The minimum atomic E-state index is -0.588. The second-order valence-electron chi connectivity index (χ2n) is 3.82. The molecule has 0 N–H and O–H groups in total. The summed E-state index contributed by atoms with van der Waals surface area (Å²) in [6.45, 7) is 0. The van der Waals surface area contributed by atoms with Crippen LogP contribution in [0.3, 0.4) is 0 Å². The van der Waals surface area contributed by atoms with Gasteiger partial charge in [0.25, 0.3) is 0 Å². The van der Waals surface area contributed by atoms with E-state index in [0.29, 0.717) is 11.1 Å². The van der Waals surface area contributed by atoms with E-state index in [2.05, 4.69) is 0 Å². The molecule has 0 aliphatic carbocycles. The van der Waals surface area contributed by atoms with Gasteiger partial charge in [-0.05, 0) is 0 Å². The standard InChI is InChI=1S/C15H11O2.Eu/c16-14(12-7-3-1-4-8-12)11-15(17)13-9-5-2-6-10-13;/h1-11H;.